The average molecular weight is 470 g/mol. The summed E-state index contributed by atoms with van der Waals surface area (Å²) in [6, 6.07) is 15.5. The third-order valence-electron chi connectivity index (χ3n) is 5.58. The van der Waals surface area contributed by atoms with Crippen molar-refractivity contribution in [2.24, 2.45) is 0 Å². The topological polar surface area (TPSA) is 58.4 Å². The molecule has 1 heterocycles. The van der Waals surface area contributed by atoms with E-state index in [0.29, 0.717) is 39.3 Å². The highest BCUT2D eigenvalue weighted by molar-refractivity contribution is 6.40. The van der Waals surface area contributed by atoms with Crippen molar-refractivity contribution in [2.45, 2.75) is 38.3 Å². The molecule has 0 saturated heterocycles. The molecule has 5 nitrogen and oxygen atoms in total. The molecule has 7 heteroatoms. The third kappa shape index (κ3) is 5.00. The summed E-state index contributed by atoms with van der Waals surface area (Å²) >= 11 is 13.0. The molecule has 1 aromatic heterocycles. The quantitative estimate of drug-likeness (QED) is 0.307. The van der Waals surface area contributed by atoms with Gasteiger partial charge >= 0.3 is 0 Å². The summed E-state index contributed by atoms with van der Waals surface area (Å²) in [6.45, 7) is 0.425. The van der Waals surface area contributed by atoms with E-state index in [1.54, 1.807) is 12.0 Å². The SMILES string of the molecule is COc1ccc(C(=N)N(Cc2ccccc2)c2c(Cl)cncc2Cl)cc1OC1CCCC1. The molecule has 1 fully saturated rings. The van der Waals surface area contributed by atoms with Crippen LogP contribution < -0.4 is 14.4 Å². The first-order valence-corrected chi connectivity index (χ1v) is 11.4. The fraction of sp³-hybridized carbons (Fsp3) is 0.280. The van der Waals surface area contributed by atoms with Crippen LogP contribution >= 0.6 is 23.2 Å². The van der Waals surface area contributed by atoms with Crippen molar-refractivity contribution in [1.82, 2.24) is 4.98 Å². The lowest BCUT2D eigenvalue weighted by Crippen LogP contribution is -2.31. The number of amidine groups is 1. The van der Waals surface area contributed by atoms with Gasteiger partial charge in [0.25, 0.3) is 0 Å². The summed E-state index contributed by atoms with van der Waals surface area (Å²) in [5.41, 5.74) is 2.25. The molecule has 1 N–H and O–H groups in total. The van der Waals surface area contributed by atoms with E-state index >= 15 is 0 Å². The van der Waals surface area contributed by atoms with Gasteiger partial charge in [0, 0.05) is 24.5 Å². The molecule has 3 aromatic rings. The zero-order valence-corrected chi connectivity index (χ0v) is 19.4. The average Bonchev–Trinajstić information content (AvgIpc) is 3.31. The Kier molecular flexibility index (Phi) is 7.18. The molecule has 1 aliphatic rings. The van der Waals surface area contributed by atoms with E-state index in [9.17, 15) is 0 Å². The van der Waals surface area contributed by atoms with Crippen LogP contribution in [0.3, 0.4) is 0 Å². The summed E-state index contributed by atoms with van der Waals surface area (Å²) in [4.78, 5) is 5.86. The van der Waals surface area contributed by atoms with Gasteiger partial charge in [-0.25, -0.2) is 0 Å². The second kappa shape index (κ2) is 10.2. The number of hydrogen-bond acceptors (Lipinski definition) is 4. The first-order chi connectivity index (χ1) is 15.6. The van der Waals surface area contributed by atoms with E-state index in [0.717, 1.165) is 18.4 Å². The zero-order valence-electron chi connectivity index (χ0n) is 17.9. The van der Waals surface area contributed by atoms with Gasteiger partial charge in [-0.3, -0.25) is 10.4 Å². The molecule has 32 heavy (non-hydrogen) atoms. The molecule has 0 radical (unpaired) electrons. The normalized spacial score (nSPS) is 13.7. The number of nitrogens with zero attached hydrogens (tertiary/aromatic N) is 2. The summed E-state index contributed by atoms with van der Waals surface area (Å²) in [7, 11) is 1.63. The van der Waals surface area contributed by atoms with E-state index in [1.807, 2.05) is 48.5 Å². The van der Waals surface area contributed by atoms with Crippen LogP contribution in [0.2, 0.25) is 10.0 Å². The number of pyridine rings is 1. The molecule has 0 spiro atoms. The maximum Gasteiger partial charge on any atom is 0.162 e. The molecule has 1 saturated carbocycles. The molecule has 0 atom stereocenters. The summed E-state index contributed by atoms with van der Waals surface area (Å²) in [5.74, 6) is 1.55. The molecule has 0 bridgehead atoms. The second-order valence-corrected chi connectivity index (χ2v) is 8.58. The Morgan fingerprint density at radius 2 is 1.72 bits per heavy atom. The van der Waals surface area contributed by atoms with Crippen molar-refractivity contribution in [2.75, 3.05) is 12.0 Å². The highest BCUT2D eigenvalue weighted by Gasteiger charge is 2.23. The van der Waals surface area contributed by atoms with Gasteiger partial charge < -0.3 is 14.4 Å². The van der Waals surface area contributed by atoms with Crippen LogP contribution in [-0.4, -0.2) is 24.0 Å². The Balaban J connectivity index is 1.71. The lowest BCUT2D eigenvalue weighted by Gasteiger charge is -2.28. The number of ether oxygens (including phenoxy) is 2. The number of benzene rings is 2. The predicted molar refractivity (Wildman–Crippen MR) is 130 cm³/mol. The van der Waals surface area contributed by atoms with Gasteiger partial charge in [0.15, 0.2) is 11.5 Å². The Morgan fingerprint density at radius 3 is 2.38 bits per heavy atom. The number of methoxy groups -OCH3 is 1. The Labute approximate surface area is 198 Å². The van der Waals surface area contributed by atoms with Crippen LogP contribution in [0.15, 0.2) is 60.9 Å². The molecule has 4 rings (SSSR count). The number of halogens is 2. The molecule has 0 amide bonds. The smallest absolute Gasteiger partial charge is 0.162 e. The van der Waals surface area contributed by atoms with E-state index in [2.05, 4.69) is 4.98 Å². The van der Waals surface area contributed by atoms with Crippen molar-refractivity contribution in [3.63, 3.8) is 0 Å². The number of rotatable bonds is 7. The first kappa shape index (κ1) is 22.4. The van der Waals surface area contributed by atoms with Crippen LogP contribution in [0, 0.1) is 5.41 Å². The number of hydrogen-bond donors (Lipinski definition) is 1. The lowest BCUT2D eigenvalue weighted by molar-refractivity contribution is 0.201. The lowest BCUT2D eigenvalue weighted by atomic mass is 10.1. The van der Waals surface area contributed by atoms with Gasteiger partial charge in [-0.05, 0) is 49.4 Å². The van der Waals surface area contributed by atoms with E-state index < -0.39 is 0 Å². The van der Waals surface area contributed by atoms with Crippen molar-refractivity contribution < 1.29 is 9.47 Å². The molecule has 166 valence electrons. The Bertz CT molecular complexity index is 1070. The molecule has 0 unspecified atom stereocenters. The number of anilines is 1. The van der Waals surface area contributed by atoms with Crippen molar-refractivity contribution in [3.05, 3.63) is 82.1 Å². The molecular weight excluding hydrogens is 445 g/mol. The van der Waals surface area contributed by atoms with Gasteiger partial charge in [-0.1, -0.05) is 53.5 Å². The van der Waals surface area contributed by atoms with Crippen molar-refractivity contribution in [3.8, 4) is 11.5 Å². The van der Waals surface area contributed by atoms with Crippen LogP contribution in [0.4, 0.5) is 5.69 Å². The van der Waals surface area contributed by atoms with Crippen molar-refractivity contribution >= 4 is 34.7 Å². The zero-order chi connectivity index (χ0) is 22.5. The summed E-state index contributed by atoms with van der Waals surface area (Å²) < 4.78 is 11.7. The largest absolute Gasteiger partial charge is 0.493 e. The van der Waals surface area contributed by atoms with E-state index in [1.165, 1.54) is 25.2 Å². The third-order valence-corrected chi connectivity index (χ3v) is 6.14. The van der Waals surface area contributed by atoms with Crippen LogP contribution in [0.25, 0.3) is 0 Å². The van der Waals surface area contributed by atoms with Crippen LogP contribution in [0.1, 0.15) is 36.8 Å². The van der Waals surface area contributed by atoms with Gasteiger partial charge in [0.2, 0.25) is 0 Å². The highest BCUT2D eigenvalue weighted by atomic mass is 35.5. The maximum absolute atomic E-state index is 9.07. The summed E-state index contributed by atoms with van der Waals surface area (Å²) in [6.07, 6.45) is 7.67. The molecular formula is C25H25Cl2N3O2. The maximum atomic E-state index is 9.07. The van der Waals surface area contributed by atoms with E-state index in [-0.39, 0.29) is 11.9 Å². The monoisotopic (exact) mass is 469 g/mol. The Hall–Kier alpha value is -2.76. The van der Waals surface area contributed by atoms with Gasteiger partial charge in [0.1, 0.15) is 5.84 Å². The summed E-state index contributed by atoms with van der Waals surface area (Å²) in [5, 5.41) is 9.83. The first-order valence-electron chi connectivity index (χ1n) is 10.6. The van der Waals surface area contributed by atoms with Crippen molar-refractivity contribution in [1.29, 1.82) is 5.41 Å². The minimum atomic E-state index is 0.179. The standard InChI is InChI=1S/C25H25Cl2N3O2/c1-31-22-12-11-18(13-23(22)32-19-9-5-6-10-19)25(28)30(16-17-7-3-2-4-8-17)24-20(26)14-29-15-21(24)27/h2-4,7-8,11-15,19,28H,5-6,9-10,16H2,1H3. The van der Waals surface area contributed by atoms with E-state index in [4.69, 9.17) is 38.1 Å². The number of nitrogens with one attached hydrogen (secondary N) is 1. The fourth-order valence-electron chi connectivity index (χ4n) is 3.96. The fourth-order valence-corrected chi connectivity index (χ4v) is 4.52. The minimum absolute atomic E-state index is 0.179. The Morgan fingerprint density at radius 1 is 1.03 bits per heavy atom. The molecule has 1 aliphatic carbocycles. The van der Waals surface area contributed by atoms with Crippen LogP contribution in [-0.2, 0) is 6.54 Å². The number of aromatic nitrogens is 1. The highest BCUT2D eigenvalue weighted by Crippen LogP contribution is 2.37. The van der Waals surface area contributed by atoms with Crippen LogP contribution in [0.5, 0.6) is 11.5 Å². The second-order valence-electron chi connectivity index (χ2n) is 7.76. The molecule has 2 aromatic carbocycles. The van der Waals surface area contributed by atoms with Gasteiger partial charge in [0.05, 0.1) is 28.9 Å². The van der Waals surface area contributed by atoms with Gasteiger partial charge in [-0.2, -0.15) is 0 Å². The predicted octanol–water partition coefficient (Wildman–Crippen LogP) is 6.75. The van der Waals surface area contributed by atoms with Gasteiger partial charge in [-0.15, -0.1) is 0 Å². The minimum Gasteiger partial charge on any atom is -0.493 e. The molecule has 0 aliphatic heterocycles.